The molecule has 2 saturated heterocycles. The minimum absolute atomic E-state index is 0.155. The molecule has 1 amide bonds. The number of piperidine rings is 1. The maximum absolute atomic E-state index is 12.3. The van der Waals surface area contributed by atoms with Crippen LogP contribution in [0.15, 0.2) is 12.4 Å². The lowest BCUT2D eigenvalue weighted by molar-refractivity contribution is -0.123. The van der Waals surface area contributed by atoms with E-state index < -0.39 is 0 Å². The van der Waals surface area contributed by atoms with Crippen LogP contribution in [0.5, 0.6) is 0 Å². The van der Waals surface area contributed by atoms with Crippen LogP contribution >= 0.6 is 11.8 Å². The highest BCUT2D eigenvalue weighted by molar-refractivity contribution is 7.99. The van der Waals surface area contributed by atoms with Gasteiger partial charge in [-0.3, -0.25) is 14.4 Å². The molecule has 2 aliphatic heterocycles. The van der Waals surface area contributed by atoms with Gasteiger partial charge in [-0.2, -0.15) is 16.9 Å². The van der Waals surface area contributed by atoms with E-state index in [1.54, 1.807) is 0 Å². The quantitative estimate of drug-likeness (QED) is 0.867. The highest BCUT2D eigenvalue weighted by Crippen LogP contribution is 2.21. The number of thioether (sulfide) groups is 1. The highest BCUT2D eigenvalue weighted by Gasteiger charge is 2.25. The van der Waals surface area contributed by atoms with Gasteiger partial charge in [0.1, 0.15) is 0 Å². The van der Waals surface area contributed by atoms with Crippen molar-refractivity contribution in [3.63, 3.8) is 0 Å². The van der Waals surface area contributed by atoms with Gasteiger partial charge in [-0.15, -0.1) is 0 Å². The SMILES string of the molecule is CN(CC(=O)N[C@H]1CCCN(c2cnn(C)c2)C1)[C@H]1CCSC1. The number of rotatable bonds is 5. The number of nitrogens with one attached hydrogen (secondary N) is 1. The number of likely N-dealkylation sites (N-methyl/N-ethyl adjacent to an activating group) is 1. The Labute approximate surface area is 142 Å². The Morgan fingerprint density at radius 2 is 2.39 bits per heavy atom. The molecule has 0 unspecified atom stereocenters. The van der Waals surface area contributed by atoms with E-state index in [2.05, 4.69) is 27.3 Å². The lowest BCUT2D eigenvalue weighted by Gasteiger charge is -2.34. The van der Waals surface area contributed by atoms with Crippen LogP contribution in [0.3, 0.4) is 0 Å². The zero-order chi connectivity index (χ0) is 16.2. The first-order chi connectivity index (χ1) is 11.1. The van der Waals surface area contributed by atoms with Gasteiger partial charge in [-0.1, -0.05) is 0 Å². The summed E-state index contributed by atoms with van der Waals surface area (Å²) in [6, 6.07) is 0.798. The fourth-order valence-electron chi connectivity index (χ4n) is 3.40. The topological polar surface area (TPSA) is 53.4 Å². The van der Waals surface area contributed by atoms with Crippen molar-refractivity contribution < 1.29 is 4.79 Å². The second kappa shape index (κ2) is 7.57. The second-order valence-electron chi connectivity index (χ2n) is 6.66. The molecule has 2 aliphatic rings. The van der Waals surface area contributed by atoms with Crippen LogP contribution in [0.25, 0.3) is 0 Å². The summed E-state index contributed by atoms with van der Waals surface area (Å²) in [4.78, 5) is 16.9. The molecule has 1 N–H and O–H groups in total. The van der Waals surface area contributed by atoms with E-state index in [0.29, 0.717) is 12.6 Å². The van der Waals surface area contributed by atoms with E-state index in [0.717, 1.165) is 37.4 Å². The van der Waals surface area contributed by atoms with Crippen LogP contribution in [-0.2, 0) is 11.8 Å². The second-order valence-corrected chi connectivity index (χ2v) is 7.81. The Kier molecular flexibility index (Phi) is 5.48. The minimum Gasteiger partial charge on any atom is -0.367 e. The summed E-state index contributed by atoms with van der Waals surface area (Å²) in [5.74, 6) is 2.53. The number of hydrogen-bond acceptors (Lipinski definition) is 5. The standard InChI is InChI=1S/C16H27N5OS/c1-19(14-5-7-23-12-14)11-16(22)18-13-4-3-6-21(9-13)15-8-17-20(2)10-15/h8,10,13-14H,3-7,9,11-12H2,1-2H3,(H,18,22)/t13-,14-/m0/s1. The number of carbonyl (C=O) groups is 1. The molecule has 3 heterocycles. The van der Waals surface area contributed by atoms with Crippen LogP contribution < -0.4 is 10.2 Å². The fourth-order valence-corrected chi connectivity index (χ4v) is 4.70. The van der Waals surface area contributed by atoms with Gasteiger partial charge in [0.25, 0.3) is 0 Å². The van der Waals surface area contributed by atoms with Crippen molar-refractivity contribution in [2.24, 2.45) is 7.05 Å². The van der Waals surface area contributed by atoms with E-state index in [9.17, 15) is 4.79 Å². The Bertz CT molecular complexity index is 528. The van der Waals surface area contributed by atoms with E-state index >= 15 is 0 Å². The first-order valence-electron chi connectivity index (χ1n) is 8.43. The van der Waals surface area contributed by atoms with E-state index in [1.165, 1.54) is 12.2 Å². The monoisotopic (exact) mass is 337 g/mol. The molecule has 23 heavy (non-hydrogen) atoms. The van der Waals surface area contributed by atoms with Gasteiger partial charge >= 0.3 is 0 Å². The molecule has 0 aromatic carbocycles. The molecule has 2 fully saturated rings. The van der Waals surface area contributed by atoms with Crippen LogP contribution in [-0.4, -0.2) is 70.9 Å². The predicted molar refractivity (Wildman–Crippen MR) is 94.9 cm³/mol. The summed E-state index contributed by atoms with van der Waals surface area (Å²) in [6.07, 6.45) is 7.30. The Morgan fingerprint density at radius 3 is 3.09 bits per heavy atom. The summed E-state index contributed by atoms with van der Waals surface area (Å²) in [5, 5.41) is 7.46. The van der Waals surface area contributed by atoms with Gasteiger partial charge < -0.3 is 10.2 Å². The van der Waals surface area contributed by atoms with Crippen LogP contribution in [0.2, 0.25) is 0 Å². The summed E-state index contributed by atoms with van der Waals surface area (Å²) >= 11 is 1.99. The normalized spacial score (nSPS) is 25.1. The number of anilines is 1. The molecule has 0 saturated carbocycles. The van der Waals surface area contributed by atoms with Gasteiger partial charge in [-0.25, -0.2) is 0 Å². The molecule has 0 bridgehead atoms. The van der Waals surface area contributed by atoms with Crippen LogP contribution in [0.4, 0.5) is 5.69 Å². The zero-order valence-electron chi connectivity index (χ0n) is 14.1. The Balaban J connectivity index is 1.48. The first-order valence-corrected chi connectivity index (χ1v) is 9.58. The van der Waals surface area contributed by atoms with Gasteiger partial charge in [0.05, 0.1) is 18.4 Å². The molecule has 2 atom stereocenters. The molecule has 0 radical (unpaired) electrons. The lowest BCUT2D eigenvalue weighted by atomic mass is 10.1. The number of carbonyl (C=O) groups excluding carboxylic acids is 1. The third-order valence-corrected chi connectivity index (χ3v) is 5.91. The summed E-state index contributed by atoms with van der Waals surface area (Å²) < 4.78 is 1.83. The average Bonchev–Trinajstić information content (AvgIpc) is 3.18. The number of amides is 1. The third-order valence-electron chi connectivity index (χ3n) is 4.76. The first kappa shape index (κ1) is 16.6. The van der Waals surface area contributed by atoms with E-state index in [1.807, 2.05) is 35.9 Å². The van der Waals surface area contributed by atoms with Crippen molar-refractivity contribution in [2.75, 3.05) is 43.1 Å². The Morgan fingerprint density at radius 1 is 1.52 bits per heavy atom. The fraction of sp³-hybridized carbons (Fsp3) is 0.750. The molecule has 0 spiro atoms. The largest absolute Gasteiger partial charge is 0.367 e. The van der Waals surface area contributed by atoms with Gasteiger partial charge in [0.2, 0.25) is 5.91 Å². The number of aromatic nitrogens is 2. The van der Waals surface area contributed by atoms with Gasteiger partial charge in [0, 0.05) is 44.2 Å². The van der Waals surface area contributed by atoms with Crippen molar-refractivity contribution in [2.45, 2.75) is 31.3 Å². The van der Waals surface area contributed by atoms with Crippen molar-refractivity contribution >= 4 is 23.4 Å². The molecule has 1 aromatic rings. The summed E-state index contributed by atoms with van der Waals surface area (Å²) in [5.41, 5.74) is 1.14. The molecule has 1 aromatic heterocycles. The summed E-state index contributed by atoms with van der Waals surface area (Å²) in [6.45, 7) is 2.42. The number of hydrogen-bond donors (Lipinski definition) is 1. The van der Waals surface area contributed by atoms with E-state index in [4.69, 9.17) is 0 Å². The molecule has 0 aliphatic carbocycles. The molecule has 128 valence electrons. The van der Waals surface area contributed by atoms with Crippen molar-refractivity contribution in [1.82, 2.24) is 20.0 Å². The van der Waals surface area contributed by atoms with Gasteiger partial charge in [-0.05, 0) is 32.1 Å². The predicted octanol–water partition coefficient (Wildman–Crippen LogP) is 0.942. The average molecular weight is 337 g/mol. The number of aryl methyl sites for hydroxylation is 1. The third kappa shape index (κ3) is 4.41. The van der Waals surface area contributed by atoms with Crippen LogP contribution in [0, 0.1) is 0 Å². The molecule has 3 rings (SSSR count). The van der Waals surface area contributed by atoms with E-state index in [-0.39, 0.29) is 11.9 Å². The minimum atomic E-state index is 0.155. The van der Waals surface area contributed by atoms with Crippen LogP contribution in [0.1, 0.15) is 19.3 Å². The smallest absolute Gasteiger partial charge is 0.234 e. The van der Waals surface area contributed by atoms with Crippen molar-refractivity contribution in [3.05, 3.63) is 12.4 Å². The van der Waals surface area contributed by atoms with Crippen molar-refractivity contribution in [3.8, 4) is 0 Å². The van der Waals surface area contributed by atoms with Gasteiger partial charge in [0.15, 0.2) is 0 Å². The van der Waals surface area contributed by atoms with Crippen molar-refractivity contribution in [1.29, 1.82) is 0 Å². The molecule has 7 heteroatoms. The summed E-state index contributed by atoms with van der Waals surface area (Å²) in [7, 11) is 4.00. The maximum Gasteiger partial charge on any atom is 0.234 e. The lowest BCUT2D eigenvalue weighted by Crippen LogP contribution is -2.50. The maximum atomic E-state index is 12.3. The highest BCUT2D eigenvalue weighted by atomic mass is 32.2. The Hall–Kier alpha value is -1.21. The molecular weight excluding hydrogens is 310 g/mol. The zero-order valence-corrected chi connectivity index (χ0v) is 14.9. The molecular formula is C16H27N5OS. The molecule has 6 nitrogen and oxygen atoms in total. The number of nitrogens with zero attached hydrogens (tertiary/aromatic N) is 4.